The molecule has 0 radical (unpaired) electrons. The lowest BCUT2D eigenvalue weighted by molar-refractivity contribution is -0.149. The Labute approximate surface area is 404 Å². The maximum atomic E-state index is 14.7. The number of carbonyl (C=O) groups is 6. The number of hydrazine groups is 1. The van der Waals surface area contributed by atoms with E-state index in [2.05, 4.69) is 31.5 Å². The fourth-order valence-corrected chi connectivity index (χ4v) is 11.0. The quantitative estimate of drug-likeness (QED) is 0.0369. The fourth-order valence-electron chi connectivity index (χ4n) is 8.47. The number of amides is 5. The van der Waals surface area contributed by atoms with Gasteiger partial charge in [-0.25, -0.2) is 24.6 Å². The third-order valence-corrected chi connectivity index (χ3v) is 15.3. The predicted molar refractivity (Wildman–Crippen MR) is 257 cm³/mol. The van der Waals surface area contributed by atoms with Crippen LogP contribution >= 0.6 is 32.9 Å². The number of esters is 1. The monoisotopic (exact) mass is 984 g/mol. The molecule has 3 heterocycles. The molecule has 0 unspecified atom stereocenters. The third kappa shape index (κ3) is 15.4. The number of nitrogens with zero attached hydrogens (tertiary/aromatic N) is 4. The molecule has 2 aliphatic rings. The van der Waals surface area contributed by atoms with Gasteiger partial charge in [0.2, 0.25) is 17.7 Å². The molecule has 67 heavy (non-hydrogen) atoms. The minimum Gasteiger partial charge on any atom is -0.455 e. The van der Waals surface area contributed by atoms with E-state index in [1.165, 1.54) is 40.6 Å². The van der Waals surface area contributed by atoms with Crippen molar-refractivity contribution in [1.29, 1.82) is 0 Å². The SMILES string of the molecule is CCCN(C(=O)[C@@H](NC(=O)[C@H]1CCCCN1C)[C@@H](C)CC)[C@H](C[C@@H](OC(C)=O)c1nc(C(=O)N[C@H]2Cc3ccc(F)cc3[C@H](C(=O)NNC(=O)OCCSSc3ccccn3)C2)cs1)C(C)C. The molecule has 20 heteroatoms. The predicted octanol–water partition coefficient (Wildman–Crippen LogP) is 6.98. The van der Waals surface area contributed by atoms with Crippen LogP contribution in [0.3, 0.4) is 0 Å². The van der Waals surface area contributed by atoms with Gasteiger partial charge in [-0.3, -0.25) is 34.3 Å². The molecule has 1 aliphatic heterocycles. The first-order valence-corrected chi connectivity index (χ1v) is 26.3. The Hall–Kier alpha value is -4.79. The molecule has 7 atom stereocenters. The van der Waals surface area contributed by atoms with E-state index < -0.39 is 59.8 Å². The van der Waals surface area contributed by atoms with Crippen molar-refractivity contribution < 1.29 is 42.6 Å². The van der Waals surface area contributed by atoms with Gasteiger partial charge >= 0.3 is 12.1 Å². The standard InChI is InChI=1S/C47H65FN8O8S3/c1-8-19-56(46(61)41(29(5)9-2)52-44(60)37-14-11-13-20-55(37)7)38(28(3)4)26-39(64-30(6)57)45-51-36(27-65-45)43(59)50-33-23-31-16-17-32(48)24-34(31)35(25-33)42(58)53-54-47(62)63-21-22-66-67-40-15-10-12-18-49-40/h10,12,15-18,24,27-29,33,35,37-39,41H,8-9,11,13-14,19-23,25-26H2,1-7H3,(H,50,59)(H,52,60)(H,53,58)(H,54,62)/t29-,33-,35+,37+,38+,39+,41-/m0/s1. The summed E-state index contributed by atoms with van der Waals surface area (Å²) < 4.78 is 25.6. The number of hydrogen-bond acceptors (Lipinski definition) is 14. The number of halogens is 1. The molecule has 4 N–H and O–H groups in total. The van der Waals surface area contributed by atoms with Crippen LogP contribution in [0.1, 0.15) is 125 Å². The van der Waals surface area contributed by atoms with E-state index in [0.29, 0.717) is 47.7 Å². The Morgan fingerprint density at radius 1 is 1.04 bits per heavy atom. The maximum absolute atomic E-state index is 14.7. The molecule has 366 valence electrons. The summed E-state index contributed by atoms with van der Waals surface area (Å²) in [5.74, 6) is -3.27. The minimum atomic E-state index is -0.932. The van der Waals surface area contributed by atoms with E-state index in [-0.39, 0.29) is 54.8 Å². The van der Waals surface area contributed by atoms with Crippen molar-refractivity contribution in [2.24, 2.45) is 11.8 Å². The summed E-state index contributed by atoms with van der Waals surface area (Å²) in [5.41, 5.74) is 5.80. The number of fused-ring (bicyclic) bond motifs is 1. The van der Waals surface area contributed by atoms with Gasteiger partial charge in [-0.15, -0.1) is 11.3 Å². The summed E-state index contributed by atoms with van der Waals surface area (Å²) >= 11 is 1.15. The smallest absolute Gasteiger partial charge is 0.426 e. The number of likely N-dealkylation sites (tertiary alicyclic amines) is 1. The summed E-state index contributed by atoms with van der Waals surface area (Å²) in [7, 11) is 4.84. The normalized spacial score (nSPS) is 18.9. The zero-order chi connectivity index (χ0) is 48.6. The lowest BCUT2D eigenvalue weighted by Crippen LogP contribution is -2.58. The molecule has 0 spiro atoms. The molecule has 1 aromatic carbocycles. The van der Waals surface area contributed by atoms with Crippen molar-refractivity contribution >= 4 is 68.6 Å². The average molecular weight is 985 g/mol. The van der Waals surface area contributed by atoms with Gasteiger partial charge in [-0.05, 0) is 104 Å². The van der Waals surface area contributed by atoms with E-state index in [9.17, 15) is 33.2 Å². The van der Waals surface area contributed by atoms with Gasteiger partial charge in [0, 0.05) is 49.3 Å². The third-order valence-electron chi connectivity index (χ3n) is 12.2. The van der Waals surface area contributed by atoms with Crippen LogP contribution in [0.4, 0.5) is 9.18 Å². The number of likely N-dealkylation sites (N-methyl/N-ethyl adjacent to an activating group) is 1. The number of hydrogen-bond donors (Lipinski definition) is 4. The lowest BCUT2D eigenvalue weighted by atomic mass is 9.79. The van der Waals surface area contributed by atoms with Crippen molar-refractivity contribution in [3.63, 3.8) is 0 Å². The number of pyridine rings is 1. The second-order valence-corrected chi connectivity index (χ2v) is 20.8. The Morgan fingerprint density at radius 2 is 1.84 bits per heavy atom. The van der Waals surface area contributed by atoms with Gasteiger partial charge in [-0.2, -0.15) is 0 Å². The van der Waals surface area contributed by atoms with E-state index in [4.69, 9.17) is 9.47 Å². The summed E-state index contributed by atoms with van der Waals surface area (Å²) in [6.07, 6.45) is 4.54. The first-order chi connectivity index (χ1) is 32.1. The minimum absolute atomic E-state index is 0.0684. The van der Waals surface area contributed by atoms with E-state index in [0.717, 1.165) is 42.2 Å². The van der Waals surface area contributed by atoms with E-state index in [1.54, 1.807) is 17.6 Å². The number of benzene rings is 1. The molecule has 1 saturated heterocycles. The first-order valence-electron chi connectivity index (χ1n) is 23.1. The average Bonchev–Trinajstić information content (AvgIpc) is 3.81. The number of carbonyl (C=O) groups excluding carboxylic acids is 6. The molecule has 5 amide bonds. The highest BCUT2D eigenvalue weighted by molar-refractivity contribution is 8.76. The number of piperidine rings is 1. The van der Waals surface area contributed by atoms with Crippen LogP contribution in [0.15, 0.2) is 53.0 Å². The number of nitrogens with one attached hydrogen (secondary N) is 4. The molecule has 5 rings (SSSR count). The first kappa shape index (κ1) is 53.2. The zero-order valence-electron chi connectivity index (χ0n) is 39.4. The summed E-state index contributed by atoms with van der Waals surface area (Å²) in [6, 6.07) is 7.65. The topological polar surface area (TPSA) is 201 Å². The van der Waals surface area contributed by atoms with Gasteiger partial charge in [0.1, 0.15) is 34.2 Å². The fraction of sp³-hybridized carbons (Fsp3) is 0.574. The van der Waals surface area contributed by atoms with Crippen LogP contribution in [0.25, 0.3) is 0 Å². The molecule has 1 fully saturated rings. The van der Waals surface area contributed by atoms with Gasteiger partial charge < -0.3 is 25.0 Å². The molecule has 0 saturated carbocycles. The highest BCUT2D eigenvalue weighted by Gasteiger charge is 2.39. The Kier molecular flexibility index (Phi) is 20.7. The Bertz CT molecular complexity index is 2150. The second-order valence-electron chi connectivity index (χ2n) is 17.4. The van der Waals surface area contributed by atoms with Crippen LogP contribution < -0.4 is 21.5 Å². The van der Waals surface area contributed by atoms with Crippen LogP contribution in [0, 0.1) is 17.7 Å². The Balaban J connectivity index is 1.25. The second kappa shape index (κ2) is 26.1. The summed E-state index contributed by atoms with van der Waals surface area (Å²) in [6.45, 7) is 12.6. The highest BCUT2D eigenvalue weighted by atomic mass is 33.1. The van der Waals surface area contributed by atoms with E-state index >= 15 is 0 Å². The molecule has 3 aromatic rings. The van der Waals surface area contributed by atoms with Gasteiger partial charge in [0.15, 0.2) is 6.10 Å². The zero-order valence-corrected chi connectivity index (χ0v) is 41.8. The van der Waals surface area contributed by atoms with Crippen LogP contribution in [0.5, 0.6) is 0 Å². The summed E-state index contributed by atoms with van der Waals surface area (Å²) in [5, 5.41) is 8.87. The van der Waals surface area contributed by atoms with Crippen LogP contribution in [0.2, 0.25) is 0 Å². The largest absolute Gasteiger partial charge is 0.455 e. The van der Waals surface area contributed by atoms with Crippen molar-refractivity contribution in [2.75, 3.05) is 32.5 Å². The highest BCUT2D eigenvalue weighted by Crippen LogP contribution is 2.35. The van der Waals surface area contributed by atoms with Crippen molar-refractivity contribution in [3.8, 4) is 0 Å². The molecule has 1 aliphatic carbocycles. The molecular formula is C47H65FN8O8S3. The van der Waals surface area contributed by atoms with Crippen LogP contribution in [-0.2, 0) is 35.1 Å². The van der Waals surface area contributed by atoms with Crippen molar-refractivity contribution in [2.45, 2.75) is 134 Å². The van der Waals surface area contributed by atoms with Crippen LogP contribution in [-0.4, -0.2) is 112 Å². The number of ether oxygens (including phenoxy) is 2. The van der Waals surface area contributed by atoms with Gasteiger partial charge in [0.25, 0.3) is 5.91 Å². The summed E-state index contributed by atoms with van der Waals surface area (Å²) in [4.78, 5) is 93.5. The number of thiazole rings is 1. The molecular weight excluding hydrogens is 920 g/mol. The number of rotatable bonds is 21. The number of aromatic nitrogens is 2. The van der Waals surface area contributed by atoms with Gasteiger partial charge in [-0.1, -0.05) is 70.4 Å². The van der Waals surface area contributed by atoms with Crippen molar-refractivity contribution in [1.82, 2.24) is 41.3 Å². The van der Waals surface area contributed by atoms with Crippen molar-refractivity contribution in [3.05, 3.63) is 75.6 Å². The van der Waals surface area contributed by atoms with E-state index in [1.807, 2.05) is 69.7 Å². The molecule has 2 aromatic heterocycles. The van der Waals surface area contributed by atoms with Gasteiger partial charge in [0.05, 0.1) is 12.0 Å². The Morgan fingerprint density at radius 3 is 2.52 bits per heavy atom. The maximum Gasteiger partial charge on any atom is 0.426 e. The molecule has 16 nitrogen and oxygen atoms in total. The molecule has 0 bridgehead atoms. The lowest BCUT2D eigenvalue weighted by Gasteiger charge is -2.40.